The quantitative estimate of drug-likeness (QED) is 0.330. The van der Waals surface area contributed by atoms with Crippen molar-refractivity contribution in [3.63, 3.8) is 0 Å². The van der Waals surface area contributed by atoms with E-state index in [-0.39, 0.29) is 29.2 Å². The first kappa shape index (κ1) is 32.0. The molecule has 0 bridgehead atoms. The molecule has 3 heterocycles. The number of ketones is 2. The highest BCUT2D eigenvalue weighted by Crippen LogP contribution is 2.25. The molecule has 10 heteroatoms. The molecule has 43 heavy (non-hydrogen) atoms. The summed E-state index contributed by atoms with van der Waals surface area (Å²) in [6, 6.07) is 17.6. The number of hydrogen-bond acceptors (Lipinski definition) is 7. The topological polar surface area (TPSA) is 105 Å². The number of aromatic nitrogens is 1. The molecule has 0 radical (unpaired) electrons. The fourth-order valence-electron chi connectivity index (χ4n) is 5.73. The van der Waals surface area contributed by atoms with Crippen molar-refractivity contribution in [3.05, 3.63) is 101 Å². The molecular formula is C33H36FN3O5S. The molecular weight excluding hydrogens is 569 g/mol. The molecule has 0 unspecified atom stereocenters. The molecule has 2 aromatic carbocycles. The molecule has 2 fully saturated rings. The Labute approximate surface area is 254 Å². The lowest BCUT2D eigenvalue weighted by Gasteiger charge is -2.31. The van der Waals surface area contributed by atoms with Crippen LogP contribution in [-0.2, 0) is 18.1 Å². The molecule has 0 spiro atoms. The highest BCUT2D eigenvalue weighted by Gasteiger charge is 2.29. The van der Waals surface area contributed by atoms with Crippen LogP contribution >= 0.6 is 0 Å². The van der Waals surface area contributed by atoms with Gasteiger partial charge in [0, 0.05) is 43.7 Å². The third-order valence-electron chi connectivity index (χ3n) is 8.29. The first-order valence-electron chi connectivity index (χ1n) is 14.6. The maximum atomic E-state index is 13.1. The number of aryl methyl sites for hydroxylation is 1. The average molecular weight is 606 g/mol. The average Bonchev–Trinajstić information content (AvgIpc) is 3.03. The fraction of sp³-hybridized carbons (Fsp3) is 0.394. The molecule has 8 nitrogen and oxygen atoms in total. The number of carbonyl (C=O) groups excluding carboxylic acids is 3. The summed E-state index contributed by atoms with van der Waals surface area (Å²) in [5, 5.41) is 0. The lowest BCUT2D eigenvalue weighted by Crippen LogP contribution is -2.40. The summed E-state index contributed by atoms with van der Waals surface area (Å²) >= 11 is -0.750. The van der Waals surface area contributed by atoms with Crippen molar-refractivity contribution in [3.8, 4) is 0 Å². The van der Waals surface area contributed by atoms with Gasteiger partial charge in [0.1, 0.15) is 11.5 Å². The Bertz CT molecular complexity index is 1420. The zero-order valence-corrected chi connectivity index (χ0v) is 25.1. The van der Waals surface area contributed by atoms with E-state index in [4.69, 9.17) is 8.42 Å². The number of Topliss-reactive ketones (excluding diaryl/α,β-unsaturated/α-hetero) is 2. The highest BCUT2D eigenvalue weighted by molar-refractivity contribution is 7.51. The summed E-state index contributed by atoms with van der Waals surface area (Å²) in [7, 11) is 0. The summed E-state index contributed by atoms with van der Waals surface area (Å²) in [4.78, 5) is 47.2. The van der Waals surface area contributed by atoms with Crippen molar-refractivity contribution in [1.82, 2.24) is 14.8 Å². The number of benzene rings is 2. The van der Waals surface area contributed by atoms with Gasteiger partial charge in [0.2, 0.25) is 0 Å². The van der Waals surface area contributed by atoms with Crippen molar-refractivity contribution in [2.75, 3.05) is 26.2 Å². The summed E-state index contributed by atoms with van der Waals surface area (Å²) in [5.74, 6) is 0.0605. The van der Waals surface area contributed by atoms with E-state index < -0.39 is 11.6 Å². The van der Waals surface area contributed by atoms with Crippen molar-refractivity contribution >= 4 is 29.0 Å². The molecule has 0 N–H and O–H groups in total. The van der Waals surface area contributed by atoms with Gasteiger partial charge in [-0.2, -0.15) is 8.42 Å². The zero-order chi connectivity index (χ0) is 30.8. The number of rotatable bonds is 8. The van der Waals surface area contributed by atoms with Crippen LogP contribution in [0.4, 0.5) is 4.39 Å². The van der Waals surface area contributed by atoms with Gasteiger partial charge in [-0.15, -0.1) is 0 Å². The minimum atomic E-state index is -0.750. The molecule has 0 saturated carbocycles. The van der Waals surface area contributed by atoms with Gasteiger partial charge in [-0.05, 0) is 81.4 Å². The van der Waals surface area contributed by atoms with Crippen molar-refractivity contribution in [2.24, 2.45) is 11.8 Å². The fourth-order valence-corrected chi connectivity index (χ4v) is 5.73. The number of carbonyl (C=O) groups is 3. The van der Waals surface area contributed by atoms with Crippen LogP contribution < -0.4 is 0 Å². The lowest BCUT2D eigenvalue weighted by molar-refractivity contribution is 0.0649. The number of piperidine rings is 2. The normalized spacial score (nSPS) is 16.2. The van der Waals surface area contributed by atoms with Gasteiger partial charge >= 0.3 is 11.6 Å². The smallest absolute Gasteiger partial charge is 0.335 e. The van der Waals surface area contributed by atoms with E-state index in [9.17, 15) is 18.8 Å². The predicted molar refractivity (Wildman–Crippen MR) is 161 cm³/mol. The van der Waals surface area contributed by atoms with Crippen LogP contribution in [0.15, 0.2) is 66.9 Å². The van der Waals surface area contributed by atoms with Gasteiger partial charge in [0.25, 0.3) is 5.91 Å². The zero-order valence-electron chi connectivity index (χ0n) is 24.2. The number of nitrogens with zero attached hydrogens (tertiary/aromatic N) is 3. The number of amides is 1. The first-order valence-corrected chi connectivity index (χ1v) is 15.2. The first-order chi connectivity index (χ1) is 20.8. The number of halogens is 1. The maximum absolute atomic E-state index is 13.1. The third-order valence-corrected chi connectivity index (χ3v) is 8.29. The highest BCUT2D eigenvalue weighted by atomic mass is 32.1. The standard InChI is InChI=1S/C33H36FN3O3.O2S/c1-23-2-6-26(7-3-23)32(39)27-14-18-37(19-15-27)33(40)28-8-11-30(35-21-28)31(38)20-24-12-16-36(17-13-24)22-25-4-9-29(34)10-5-25;1-3-2/h2-11,21,24,27H,12-20,22H2,1H3;. The molecule has 2 aliphatic heterocycles. The van der Waals surface area contributed by atoms with Crippen LogP contribution in [0.5, 0.6) is 0 Å². The molecule has 226 valence electrons. The monoisotopic (exact) mass is 605 g/mol. The van der Waals surface area contributed by atoms with Crippen molar-refractivity contribution in [1.29, 1.82) is 0 Å². The van der Waals surface area contributed by atoms with Gasteiger partial charge in [0.15, 0.2) is 11.6 Å². The van der Waals surface area contributed by atoms with Crippen LogP contribution in [0.1, 0.15) is 74.4 Å². The molecule has 1 amide bonds. The number of pyridine rings is 1. The van der Waals surface area contributed by atoms with Crippen LogP contribution in [0, 0.1) is 24.6 Å². The second kappa shape index (κ2) is 15.5. The summed E-state index contributed by atoms with van der Waals surface area (Å²) < 4.78 is 29.7. The predicted octanol–water partition coefficient (Wildman–Crippen LogP) is 5.08. The molecule has 2 saturated heterocycles. The summed E-state index contributed by atoms with van der Waals surface area (Å²) in [5.41, 5.74) is 3.81. The minimum absolute atomic E-state index is 0.00594. The van der Waals surface area contributed by atoms with Crippen LogP contribution in [0.3, 0.4) is 0 Å². The van der Waals surface area contributed by atoms with Crippen LogP contribution in [0.2, 0.25) is 0 Å². The summed E-state index contributed by atoms with van der Waals surface area (Å²) in [6.07, 6.45) is 5.12. The van der Waals surface area contributed by atoms with Gasteiger partial charge in [0.05, 0.1) is 5.56 Å². The van der Waals surface area contributed by atoms with Crippen LogP contribution in [0.25, 0.3) is 0 Å². The van der Waals surface area contributed by atoms with Gasteiger partial charge in [-0.3, -0.25) is 24.3 Å². The van der Waals surface area contributed by atoms with E-state index >= 15 is 0 Å². The summed E-state index contributed by atoms with van der Waals surface area (Å²) in [6.45, 7) is 5.66. The maximum Gasteiger partial charge on any atom is 0.335 e. The Morgan fingerprint density at radius 1 is 0.837 bits per heavy atom. The van der Waals surface area contributed by atoms with E-state index in [0.717, 1.165) is 49.2 Å². The Balaban J connectivity index is 0.00000135. The largest absolute Gasteiger partial charge is 0.339 e. The van der Waals surface area contributed by atoms with E-state index in [0.29, 0.717) is 49.5 Å². The SMILES string of the molecule is Cc1ccc(C(=O)C2CCN(C(=O)c3ccc(C(=O)CC4CCN(Cc5ccc(F)cc5)CC4)nc3)CC2)cc1.O=S=O. The molecule has 3 aromatic rings. The van der Waals surface area contributed by atoms with Gasteiger partial charge in [-0.25, -0.2) is 4.39 Å². The lowest BCUT2D eigenvalue weighted by atomic mass is 9.88. The van der Waals surface area contributed by atoms with Crippen LogP contribution in [-0.4, -0.2) is 66.9 Å². The second-order valence-corrected chi connectivity index (χ2v) is 11.4. The Kier molecular flexibility index (Phi) is 11.6. The van der Waals surface area contributed by atoms with Crippen molar-refractivity contribution in [2.45, 2.75) is 45.6 Å². The molecule has 0 aliphatic carbocycles. The number of hydrogen-bond donors (Lipinski definition) is 0. The van der Waals surface area contributed by atoms with E-state index in [1.807, 2.05) is 43.3 Å². The van der Waals surface area contributed by atoms with E-state index in [1.165, 1.54) is 18.3 Å². The van der Waals surface area contributed by atoms with Crippen molar-refractivity contribution < 1.29 is 27.2 Å². The molecule has 1 aromatic heterocycles. The Hall–Kier alpha value is -3.89. The minimum Gasteiger partial charge on any atom is -0.339 e. The van der Waals surface area contributed by atoms with E-state index in [1.54, 1.807) is 17.0 Å². The Morgan fingerprint density at radius 2 is 1.44 bits per heavy atom. The molecule has 5 rings (SSSR count). The second-order valence-electron chi connectivity index (χ2n) is 11.3. The molecule has 2 aliphatic rings. The van der Waals surface area contributed by atoms with E-state index in [2.05, 4.69) is 9.88 Å². The number of likely N-dealkylation sites (tertiary alicyclic amines) is 2. The third kappa shape index (κ3) is 9.05. The van der Waals surface area contributed by atoms with Gasteiger partial charge < -0.3 is 4.90 Å². The molecule has 0 atom stereocenters. The van der Waals surface area contributed by atoms with Gasteiger partial charge in [-0.1, -0.05) is 42.0 Å². The Morgan fingerprint density at radius 3 is 2.02 bits per heavy atom.